The lowest BCUT2D eigenvalue weighted by molar-refractivity contribution is 0.0686. The molecule has 5 nitrogen and oxygen atoms in total. The highest BCUT2D eigenvalue weighted by atomic mass is 35.5. The van der Waals surface area contributed by atoms with Gasteiger partial charge in [-0.15, -0.1) is 0 Å². The molecule has 1 aromatic rings. The molecule has 2 heterocycles. The third kappa shape index (κ3) is 2.87. The lowest BCUT2D eigenvalue weighted by atomic mass is 10.2. The highest BCUT2D eigenvalue weighted by molar-refractivity contribution is 7.80. The standard InChI is InChI=1S/C13H13ClN2O3S/c14-12(15-13(20)16-3-5-17-6-4-16)9-1-2-10-11(7-9)19-8-18-10/h1-2,7H,3-6,8H2/b15-12-. The number of rotatable bonds is 1. The van der Waals surface area contributed by atoms with Crippen LogP contribution in [0.15, 0.2) is 23.2 Å². The van der Waals surface area contributed by atoms with Crippen LogP contribution in [0, 0.1) is 0 Å². The van der Waals surface area contributed by atoms with Gasteiger partial charge in [0.25, 0.3) is 0 Å². The van der Waals surface area contributed by atoms with Crippen LogP contribution >= 0.6 is 23.8 Å². The molecule has 0 atom stereocenters. The quantitative estimate of drug-likeness (QED) is 0.586. The van der Waals surface area contributed by atoms with Crippen molar-refractivity contribution in [3.8, 4) is 11.5 Å². The predicted octanol–water partition coefficient (Wildman–Crippen LogP) is 2.02. The van der Waals surface area contributed by atoms with Gasteiger partial charge in [0.2, 0.25) is 6.79 Å². The Labute approximate surface area is 127 Å². The minimum atomic E-state index is 0.236. The summed E-state index contributed by atoms with van der Waals surface area (Å²) in [5.74, 6) is 1.39. The molecule has 0 amide bonds. The Hall–Kier alpha value is -1.37. The zero-order valence-electron chi connectivity index (χ0n) is 10.7. The number of morpholine rings is 1. The molecular weight excluding hydrogens is 300 g/mol. The summed E-state index contributed by atoms with van der Waals surface area (Å²) in [6.45, 7) is 3.05. The molecule has 2 aliphatic rings. The van der Waals surface area contributed by atoms with Crippen molar-refractivity contribution >= 4 is 34.1 Å². The Morgan fingerprint density at radius 1 is 1.20 bits per heavy atom. The van der Waals surface area contributed by atoms with Crippen LogP contribution in [-0.2, 0) is 4.74 Å². The van der Waals surface area contributed by atoms with Crippen LogP contribution in [0.1, 0.15) is 5.56 Å². The highest BCUT2D eigenvalue weighted by Gasteiger charge is 2.16. The summed E-state index contributed by atoms with van der Waals surface area (Å²) in [5, 5.41) is 0.829. The van der Waals surface area contributed by atoms with E-state index in [9.17, 15) is 0 Å². The number of benzene rings is 1. The molecule has 1 saturated heterocycles. The largest absolute Gasteiger partial charge is 0.454 e. The average molecular weight is 313 g/mol. The van der Waals surface area contributed by atoms with E-state index < -0.39 is 0 Å². The number of thiocarbonyl (C=S) groups is 1. The normalized spacial score (nSPS) is 18.2. The van der Waals surface area contributed by atoms with Crippen molar-refractivity contribution in [1.82, 2.24) is 4.90 Å². The fourth-order valence-electron chi connectivity index (χ4n) is 2.00. The lowest BCUT2D eigenvalue weighted by Crippen LogP contribution is -2.39. The molecule has 0 aromatic heterocycles. The van der Waals surface area contributed by atoms with Crippen molar-refractivity contribution in [2.75, 3.05) is 33.1 Å². The van der Waals surface area contributed by atoms with Crippen molar-refractivity contribution in [1.29, 1.82) is 0 Å². The van der Waals surface area contributed by atoms with Crippen molar-refractivity contribution in [2.45, 2.75) is 0 Å². The van der Waals surface area contributed by atoms with Gasteiger partial charge in [0.15, 0.2) is 16.6 Å². The fourth-order valence-corrected chi connectivity index (χ4v) is 2.52. The fraction of sp³-hybridized carbons (Fsp3) is 0.385. The second kappa shape index (κ2) is 5.95. The van der Waals surface area contributed by atoms with E-state index in [2.05, 4.69) is 4.99 Å². The molecule has 1 aromatic carbocycles. The van der Waals surface area contributed by atoms with Crippen LogP contribution in [0.3, 0.4) is 0 Å². The van der Waals surface area contributed by atoms with Crippen LogP contribution in [0.2, 0.25) is 0 Å². The summed E-state index contributed by atoms with van der Waals surface area (Å²) < 4.78 is 15.8. The van der Waals surface area contributed by atoms with Gasteiger partial charge in [0.1, 0.15) is 5.17 Å². The maximum absolute atomic E-state index is 6.23. The zero-order chi connectivity index (χ0) is 13.9. The summed E-state index contributed by atoms with van der Waals surface area (Å²) in [4.78, 5) is 6.26. The molecule has 20 heavy (non-hydrogen) atoms. The Morgan fingerprint density at radius 3 is 2.75 bits per heavy atom. The monoisotopic (exact) mass is 312 g/mol. The van der Waals surface area contributed by atoms with E-state index in [1.165, 1.54) is 0 Å². The van der Waals surface area contributed by atoms with Crippen LogP contribution in [0.5, 0.6) is 11.5 Å². The van der Waals surface area contributed by atoms with E-state index in [0.717, 1.165) is 18.7 Å². The zero-order valence-corrected chi connectivity index (χ0v) is 12.2. The molecule has 0 spiro atoms. The molecular formula is C13H13ClN2O3S. The van der Waals surface area contributed by atoms with Gasteiger partial charge in [-0.2, -0.15) is 0 Å². The number of halogens is 1. The van der Waals surface area contributed by atoms with Crippen LogP contribution in [0.25, 0.3) is 0 Å². The minimum Gasteiger partial charge on any atom is -0.454 e. The first kappa shape index (κ1) is 13.6. The molecule has 0 unspecified atom stereocenters. The molecule has 0 aliphatic carbocycles. The van der Waals surface area contributed by atoms with Gasteiger partial charge in [-0.25, -0.2) is 4.99 Å². The number of aliphatic imine (C=N–C) groups is 1. The Bertz CT molecular complexity index is 559. The molecule has 3 rings (SSSR count). The van der Waals surface area contributed by atoms with E-state index in [0.29, 0.717) is 35.0 Å². The topological polar surface area (TPSA) is 43.3 Å². The van der Waals surface area contributed by atoms with Gasteiger partial charge in [-0.3, -0.25) is 0 Å². The number of nitrogens with zero attached hydrogens (tertiary/aromatic N) is 2. The van der Waals surface area contributed by atoms with E-state index in [-0.39, 0.29) is 6.79 Å². The number of hydrogen-bond donors (Lipinski definition) is 0. The van der Waals surface area contributed by atoms with E-state index in [4.69, 9.17) is 38.0 Å². The van der Waals surface area contributed by atoms with Crippen molar-refractivity contribution < 1.29 is 14.2 Å². The molecule has 1 fully saturated rings. The van der Waals surface area contributed by atoms with Gasteiger partial charge < -0.3 is 19.1 Å². The molecule has 7 heteroatoms. The number of hydrogen-bond acceptors (Lipinski definition) is 4. The highest BCUT2D eigenvalue weighted by Crippen LogP contribution is 2.33. The Kier molecular flexibility index (Phi) is 4.05. The SMILES string of the molecule is S=C(/N=C(\Cl)c1ccc2c(c1)OCO2)N1CCOCC1. The second-order valence-electron chi connectivity index (χ2n) is 4.35. The molecule has 106 valence electrons. The summed E-state index contributed by atoms with van der Waals surface area (Å²) in [7, 11) is 0. The second-order valence-corrected chi connectivity index (χ2v) is 5.08. The summed E-state index contributed by atoms with van der Waals surface area (Å²) in [5.41, 5.74) is 0.756. The van der Waals surface area contributed by atoms with Crippen LogP contribution in [-0.4, -0.2) is 48.3 Å². The molecule has 0 saturated carbocycles. The summed E-state index contributed by atoms with van der Waals surface area (Å²) in [6.07, 6.45) is 0. The van der Waals surface area contributed by atoms with Crippen molar-refractivity contribution in [3.63, 3.8) is 0 Å². The summed E-state index contributed by atoms with van der Waals surface area (Å²) >= 11 is 11.5. The van der Waals surface area contributed by atoms with Crippen molar-refractivity contribution in [3.05, 3.63) is 23.8 Å². The first-order chi connectivity index (χ1) is 9.74. The molecule has 0 N–H and O–H groups in total. The van der Waals surface area contributed by atoms with Crippen LogP contribution < -0.4 is 9.47 Å². The molecule has 0 radical (unpaired) electrons. The van der Waals surface area contributed by atoms with Gasteiger partial charge in [-0.05, 0) is 30.4 Å². The van der Waals surface area contributed by atoms with Crippen LogP contribution in [0.4, 0.5) is 0 Å². The number of fused-ring (bicyclic) bond motifs is 1. The maximum Gasteiger partial charge on any atom is 0.231 e. The minimum absolute atomic E-state index is 0.236. The molecule has 0 bridgehead atoms. The van der Waals surface area contributed by atoms with Gasteiger partial charge >= 0.3 is 0 Å². The average Bonchev–Trinajstić information content (AvgIpc) is 2.95. The maximum atomic E-state index is 6.23. The number of ether oxygens (including phenoxy) is 3. The Balaban J connectivity index is 1.75. The third-order valence-corrected chi connectivity index (χ3v) is 3.74. The Morgan fingerprint density at radius 2 is 1.95 bits per heavy atom. The van der Waals surface area contributed by atoms with E-state index >= 15 is 0 Å². The smallest absolute Gasteiger partial charge is 0.231 e. The first-order valence-corrected chi connectivity index (χ1v) is 7.03. The van der Waals surface area contributed by atoms with Gasteiger partial charge in [-0.1, -0.05) is 11.6 Å². The predicted molar refractivity (Wildman–Crippen MR) is 79.9 cm³/mol. The van der Waals surface area contributed by atoms with Gasteiger partial charge in [0, 0.05) is 18.7 Å². The van der Waals surface area contributed by atoms with Gasteiger partial charge in [0.05, 0.1) is 13.2 Å². The van der Waals surface area contributed by atoms with Crippen molar-refractivity contribution in [2.24, 2.45) is 4.99 Å². The van der Waals surface area contributed by atoms with E-state index in [1.807, 2.05) is 17.0 Å². The lowest BCUT2D eigenvalue weighted by Gasteiger charge is -2.26. The molecule has 2 aliphatic heterocycles. The first-order valence-electron chi connectivity index (χ1n) is 6.25. The summed E-state index contributed by atoms with van der Waals surface area (Å²) in [6, 6.07) is 5.45. The van der Waals surface area contributed by atoms with E-state index in [1.54, 1.807) is 6.07 Å². The third-order valence-electron chi connectivity index (χ3n) is 3.09.